The van der Waals surface area contributed by atoms with Crippen LogP contribution in [0.15, 0.2) is 78.9 Å². The molecule has 4 rings (SSSR count). The van der Waals surface area contributed by atoms with E-state index >= 15 is 0 Å². The van der Waals surface area contributed by atoms with Gasteiger partial charge in [0, 0.05) is 13.1 Å². The van der Waals surface area contributed by atoms with Crippen LogP contribution in [0, 0.1) is 0 Å². The first kappa shape index (κ1) is 26.8. The van der Waals surface area contributed by atoms with E-state index in [1.165, 1.54) is 16.7 Å². The number of likely N-dealkylation sites (N-methyl/N-ethyl adjacent to an activating group) is 1. The van der Waals surface area contributed by atoms with Crippen LogP contribution >= 0.6 is 0 Å². The van der Waals surface area contributed by atoms with Crippen LogP contribution in [-0.4, -0.2) is 50.0 Å². The molecule has 0 radical (unpaired) electrons. The van der Waals surface area contributed by atoms with Crippen molar-refractivity contribution in [2.45, 2.75) is 44.3 Å². The molecule has 0 saturated heterocycles. The highest BCUT2D eigenvalue weighted by atomic mass is 16.5. The van der Waals surface area contributed by atoms with E-state index in [9.17, 15) is 5.11 Å². The van der Waals surface area contributed by atoms with Crippen molar-refractivity contribution in [1.29, 1.82) is 0 Å². The molecule has 1 aliphatic carbocycles. The largest absolute Gasteiger partial charge is 0.493 e. The summed E-state index contributed by atoms with van der Waals surface area (Å²) in [6, 6.07) is 22.7. The number of nitrogens with zero attached hydrogens (tertiary/aromatic N) is 1. The molecular formula is C32H39NO4. The van der Waals surface area contributed by atoms with E-state index in [0.717, 1.165) is 55.2 Å². The molecule has 0 aliphatic heterocycles. The molecule has 0 unspecified atom stereocenters. The van der Waals surface area contributed by atoms with Gasteiger partial charge in [-0.2, -0.15) is 0 Å². The van der Waals surface area contributed by atoms with E-state index in [0.29, 0.717) is 19.4 Å². The van der Waals surface area contributed by atoms with Gasteiger partial charge in [0.2, 0.25) is 0 Å². The monoisotopic (exact) mass is 501 g/mol. The molecule has 5 nitrogen and oxygen atoms in total. The van der Waals surface area contributed by atoms with Crippen LogP contribution in [0.1, 0.15) is 35.1 Å². The van der Waals surface area contributed by atoms with Crippen LogP contribution in [0.4, 0.5) is 0 Å². The van der Waals surface area contributed by atoms with Crippen molar-refractivity contribution in [3.8, 4) is 17.2 Å². The quantitative estimate of drug-likeness (QED) is 0.273. The van der Waals surface area contributed by atoms with Crippen molar-refractivity contribution in [3.05, 3.63) is 101 Å². The zero-order valence-electron chi connectivity index (χ0n) is 22.3. The Morgan fingerprint density at radius 3 is 2.16 bits per heavy atom. The summed E-state index contributed by atoms with van der Waals surface area (Å²) in [6.07, 6.45) is 8.08. The minimum absolute atomic E-state index is 0.573. The lowest BCUT2D eigenvalue weighted by molar-refractivity contribution is 0.0751. The Hall–Kier alpha value is -3.28. The maximum absolute atomic E-state index is 11.3. The number of hydrogen-bond donors (Lipinski definition) is 1. The molecule has 37 heavy (non-hydrogen) atoms. The highest BCUT2D eigenvalue weighted by Crippen LogP contribution is 2.36. The third-order valence-electron chi connectivity index (χ3n) is 7.13. The van der Waals surface area contributed by atoms with Crippen molar-refractivity contribution < 1.29 is 19.3 Å². The average Bonchev–Trinajstić information content (AvgIpc) is 3.09. The smallest absolute Gasteiger partial charge is 0.161 e. The summed E-state index contributed by atoms with van der Waals surface area (Å²) in [5, 5.41) is 11.3. The molecule has 0 atom stereocenters. The fourth-order valence-electron chi connectivity index (χ4n) is 4.82. The molecule has 0 fully saturated rings. The highest BCUT2D eigenvalue weighted by molar-refractivity contribution is 5.48. The van der Waals surface area contributed by atoms with Gasteiger partial charge < -0.3 is 24.2 Å². The van der Waals surface area contributed by atoms with Crippen molar-refractivity contribution in [1.82, 2.24) is 4.90 Å². The van der Waals surface area contributed by atoms with Crippen molar-refractivity contribution in [2.75, 3.05) is 34.4 Å². The molecule has 3 aromatic carbocycles. The van der Waals surface area contributed by atoms with E-state index in [4.69, 9.17) is 14.2 Å². The van der Waals surface area contributed by atoms with E-state index in [-0.39, 0.29) is 0 Å². The summed E-state index contributed by atoms with van der Waals surface area (Å²) >= 11 is 0. The number of fused-ring (bicyclic) bond motifs is 1. The Kier molecular flexibility index (Phi) is 9.26. The maximum Gasteiger partial charge on any atom is 0.161 e. The predicted molar refractivity (Wildman–Crippen MR) is 149 cm³/mol. The van der Waals surface area contributed by atoms with E-state index in [2.05, 4.69) is 60.5 Å². The average molecular weight is 502 g/mol. The first-order valence-corrected chi connectivity index (χ1v) is 13.1. The maximum atomic E-state index is 11.3. The second-order valence-corrected chi connectivity index (χ2v) is 9.92. The molecular weight excluding hydrogens is 462 g/mol. The van der Waals surface area contributed by atoms with E-state index < -0.39 is 5.60 Å². The first-order valence-electron chi connectivity index (χ1n) is 13.1. The van der Waals surface area contributed by atoms with Crippen LogP contribution < -0.4 is 14.2 Å². The van der Waals surface area contributed by atoms with E-state index in [1.54, 1.807) is 14.2 Å². The van der Waals surface area contributed by atoms with Gasteiger partial charge >= 0.3 is 0 Å². The minimum atomic E-state index is -0.801. The number of rotatable bonds is 11. The van der Waals surface area contributed by atoms with Gasteiger partial charge in [-0.25, -0.2) is 0 Å². The fourth-order valence-corrected chi connectivity index (χ4v) is 4.82. The van der Waals surface area contributed by atoms with Crippen molar-refractivity contribution in [3.63, 3.8) is 0 Å². The van der Waals surface area contributed by atoms with Gasteiger partial charge in [-0.3, -0.25) is 0 Å². The number of benzene rings is 3. The topological polar surface area (TPSA) is 51.2 Å². The van der Waals surface area contributed by atoms with Gasteiger partial charge in [-0.1, -0.05) is 54.6 Å². The Morgan fingerprint density at radius 2 is 1.51 bits per heavy atom. The summed E-state index contributed by atoms with van der Waals surface area (Å²) in [6.45, 7) is 2.29. The SMILES string of the molecule is COc1cc2c(cc1OC)CCC(O)(C=CCN(C)CCc1cccc(OCc3ccccc3)c1)CC2. The number of aryl methyl sites for hydroxylation is 2. The molecule has 5 heteroatoms. The summed E-state index contributed by atoms with van der Waals surface area (Å²) < 4.78 is 16.9. The van der Waals surface area contributed by atoms with Crippen LogP contribution in [0.3, 0.4) is 0 Å². The number of ether oxygens (including phenoxy) is 3. The Morgan fingerprint density at radius 1 is 0.865 bits per heavy atom. The van der Waals surface area contributed by atoms with Gasteiger partial charge in [0.25, 0.3) is 0 Å². The molecule has 0 heterocycles. The lowest BCUT2D eigenvalue weighted by Crippen LogP contribution is -2.27. The normalized spacial score (nSPS) is 14.8. The van der Waals surface area contributed by atoms with Gasteiger partial charge in [-0.15, -0.1) is 0 Å². The number of methoxy groups -OCH3 is 2. The Bertz CT molecular complexity index is 1140. The standard InChI is InChI=1S/C32H39NO4/c1-33(20-15-25-11-7-12-29(21-25)37-24-26-9-5-4-6-10-26)19-8-16-32(34)17-13-27-22-30(35-2)31(36-3)23-28(27)14-18-32/h4-12,16,21-23,34H,13-15,17-20,24H2,1-3H3. The van der Waals surface area contributed by atoms with Gasteiger partial charge in [0.15, 0.2) is 11.5 Å². The molecule has 0 amide bonds. The summed E-state index contributed by atoms with van der Waals surface area (Å²) in [5.74, 6) is 2.39. The van der Waals surface area contributed by atoms with Crippen LogP contribution in [0.5, 0.6) is 17.2 Å². The lowest BCUT2D eigenvalue weighted by Gasteiger charge is -2.23. The number of aliphatic hydroxyl groups is 1. The van der Waals surface area contributed by atoms with Gasteiger partial charge in [-0.05, 0) is 85.7 Å². The Balaban J connectivity index is 1.25. The van der Waals surface area contributed by atoms with Crippen LogP contribution in [-0.2, 0) is 25.9 Å². The van der Waals surface area contributed by atoms with Gasteiger partial charge in [0.05, 0.1) is 19.8 Å². The van der Waals surface area contributed by atoms with Crippen LogP contribution in [0.25, 0.3) is 0 Å². The molecule has 196 valence electrons. The summed E-state index contributed by atoms with van der Waals surface area (Å²) in [7, 11) is 5.44. The van der Waals surface area contributed by atoms with E-state index in [1.807, 2.05) is 30.3 Å². The third-order valence-corrected chi connectivity index (χ3v) is 7.13. The zero-order chi connectivity index (χ0) is 26.1. The second-order valence-electron chi connectivity index (χ2n) is 9.92. The van der Waals surface area contributed by atoms with Crippen molar-refractivity contribution >= 4 is 0 Å². The molecule has 0 aromatic heterocycles. The molecule has 1 N–H and O–H groups in total. The second kappa shape index (κ2) is 12.8. The van der Waals surface area contributed by atoms with Crippen LogP contribution in [0.2, 0.25) is 0 Å². The molecule has 3 aromatic rings. The van der Waals surface area contributed by atoms with Crippen molar-refractivity contribution in [2.24, 2.45) is 0 Å². The minimum Gasteiger partial charge on any atom is -0.493 e. The zero-order valence-corrected chi connectivity index (χ0v) is 22.3. The molecule has 0 saturated carbocycles. The molecule has 0 bridgehead atoms. The Labute approximate surface area is 221 Å². The summed E-state index contributed by atoms with van der Waals surface area (Å²) in [4.78, 5) is 2.28. The number of hydrogen-bond acceptors (Lipinski definition) is 5. The highest BCUT2D eigenvalue weighted by Gasteiger charge is 2.28. The predicted octanol–water partition coefficient (Wildman–Crippen LogP) is 5.62. The molecule has 0 spiro atoms. The summed E-state index contributed by atoms with van der Waals surface area (Å²) in [5.41, 5.74) is 4.08. The molecule has 1 aliphatic rings. The van der Waals surface area contributed by atoms with Gasteiger partial charge in [0.1, 0.15) is 12.4 Å². The lowest BCUT2D eigenvalue weighted by atomic mass is 9.93. The fraction of sp³-hybridized carbons (Fsp3) is 0.375. The third kappa shape index (κ3) is 7.61. The first-order chi connectivity index (χ1) is 18.0.